The fraction of sp³-hybridized carbons (Fsp3) is 0.364. The molecular weight excluding hydrogens is 236 g/mol. The van der Waals surface area contributed by atoms with Gasteiger partial charge in [-0.05, 0) is 12.5 Å². The molecule has 0 unspecified atom stereocenters. The second kappa shape index (κ2) is 5.46. The molecule has 7 nitrogen and oxygen atoms in total. The lowest BCUT2D eigenvalue weighted by atomic mass is 10.3. The second-order valence-corrected chi connectivity index (χ2v) is 3.71. The van der Waals surface area contributed by atoms with Gasteiger partial charge in [0, 0.05) is 10.9 Å². The van der Waals surface area contributed by atoms with E-state index in [1.165, 1.54) is 0 Å². The van der Waals surface area contributed by atoms with Gasteiger partial charge in [0.05, 0.1) is 6.61 Å². The highest BCUT2D eigenvalue weighted by molar-refractivity contribution is 5.67. The number of hydrogen-bond acceptors (Lipinski definition) is 5. The molecule has 0 saturated heterocycles. The highest BCUT2D eigenvalue weighted by Gasteiger charge is 2.18. The Morgan fingerprint density at radius 3 is 2.72 bits per heavy atom. The van der Waals surface area contributed by atoms with E-state index in [2.05, 4.69) is 10.4 Å². The van der Waals surface area contributed by atoms with Gasteiger partial charge in [0.15, 0.2) is 12.2 Å². The van der Waals surface area contributed by atoms with E-state index in [1.807, 2.05) is 6.92 Å². The molecule has 1 aromatic carbocycles. The van der Waals surface area contributed by atoms with Crippen LogP contribution >= 0.6 is 0 Å². The fourth-order valence-corrected chi connectivity index (χ4v) is 1.53. The lowest BCUT2D eigenvalue weighted by Gasteiger charge is -2.09. The molecule has 0 aliphatic heterocycles. The van der Waals surface area contributed by atoms with Crippen molar-refractivity contribution in [1.29, 1.82) is 0 Å². The summed E-state index contributed by atoms with van der Waals surface area (Å²) in [5, 5.41) is 29.8. The van der Waals surface area contributed by atoms with Gasteiger partial charge in [-0.2, -0.15) is 0 Å². The summed E-state index contributed by atoms with van der Waals surface area (Å²) < 4.78 is 5.76. The fourth-order valence-electron chi connectivity index (χ4n) is 1.53. The van der Waals surface area contributed by atoms with Crippen molar-refractivity contribution in [3.63, 3.8) is 0 Å². The first-order valence-electron chi connectivity index (χ1n) is 5.67. The maximum Gasteiger partial charge on any atom is 0.462 e. The average Bonchev–Trinajstić information content (AvgIpc) is 2.40. The van der Waals surface area contributed by atoms with Gasteiger partial charge in [-0.1, -0.05) is 19.1 Å². The number of benzene rings is 1. The molecule has 0 saturated carbocycles. The van der Waals surface area contributed by atoms with E-state index in [4.69, 9.17) is 4.74 Å². The normalized spacial score (nSPS) is 10.7. The molecule has 0 bridgehead atoms. The number of ether oxygens (including phenoxy) is 1. The molecule has 0 spiro atoms. The highest BCUT2D eigenvalue weighted by Crippen LogP contribution is 2.05. The lowest BCUT2D eigenvalue weighted by molar-refractivity contribution is -0.672. The molecule has 0 aliphatic rings. The summed E-state index contributed by atoms with van der Waals surface area (Å²) in [6, 6.07) is 6.47. The maximum atomic E-state index is 11.9. The van der Waals surface area contributed by atoms with Crippen LogP contribution in [0.4, 0.5) is 5.95 Å². The monoisotopic (exact) mass is 250 g/mol. The van der Waals surface area contributed by atoms with Crippen molar-refractivity contribution >= 4 is 17.0 Å². The molecule has 96 valence electrons. The van der Waals surface area contributed by atoms with E-state index in [0.29, 0.717) is 16.2 Å². The van der Waals surface area contributed by atoms with Gasteiger partial charge < -0.3 is 15.2 Å². The van der Waals surface area contributed by atoms with Gasteiger partial charge in [-0.25, -0.2) is 10.0 Å². The first kappa shape index (κ1) is 12.3. The Morgan fingerprint density at radius 1 is 1.28 bits per heavy atom. The first-order valence-corrected chi connectivity index (χ1v) is 5.67. The summed E-state index contributed by atoms with van der Waals surface area (Å²) in [6.07, 6.45) is 0.881. The molecule has 2 aromatic rings. The molecular formula is C11H14N4O3. The zero-order valence-corrected chi connectivity index (χ0v) is 10.00. The highest BCUT2D eigenvalue weighted by atomic mass is 16.5. The third-order valence-corrected chi connectivity index (χ3v) is 2.37. The van der Waals surface area contributed by atoms with Gasteiger partial charge >= 0.3 is 5.95 Å². The predicted molar refractivity (Wildman–Crippen MR) is 64.4 cm³/mol. The van der Waals surface area contributed by atoms with Gasteiger partial charge in [0.25, 0.3) is 5.52 Å². The molecule has 0 radical (unpaired) electrons. The van der Waals surface area contributed by atoms with E-state index in [9.17, 15) is 10.4 Å². The maximum absolute atomic E-state index is 11.9. The van der Waals surface area contributed by atoms with Crippen LogP contribution in [-0.4, -0.2) is 18.4 Å². The molecule has 0 atom stereocenters. The number of nitrogens with zero attached hydrogens (tertiary/aromatic N) is 3. The minimum atomic E-state index is -0.0696. The summed E-state index contributed by atoms with van der Waals surface area (Å²) >= 11 is 0. The molecule has 0 fully saturated rings. The second-order valence-electron chi connectivity index (χ2n) is 3.71. The van der Waals surface area contributed by atoms with Gasteiger partial charge in [0.1, 0.15) is 0 Å². The van der Waals surface area contributed by atoms with Crippen LogP contribution in [0.2, 0.25) is 0 Å². The molecule has 1 aromatic heterocycles. The third kappa shape index (κ3) is 2.40. The Kier molecular flexibility index (Phi) is 3.73. The predicted octanol–water partition coefficient (Wildman–Crippen LogP) is 0.298. The van der Waals surface area contributed by atoms with Crippen LogP contribution in [0.25, 0.3) is 11.0 Å². The first-order chi connectivity index (χ1) is 8.74. The Morgan fingerprint density at radius 2 is 2.00 bits per heavy atom. The molecule has 0 aliphatic carbocycles. The van der Waals surface area contributed by atoms with Crippen molar-refractivity contribution < 1.29 is 14.3 Å². The van der Waals surface area contributed by atoms with Crippen LogP contribution in [0.15, 0.2) is 24.3 Å². The summed E-state index contributed by atoms with van der Waals surface area (Å²) in [5.74, 6) is -0.0696. The van der Waals surface area contributed by atoms with Crippen LogP contribution in [-0.2, 0) is 4.74 Å². The topological polar surface area (TPSA) is 88.0 Å². The summed E-state index contributed by atoms with van der Waals surface area (Å²) in [7, 11) is 0. The third-order valence-electron chi connectivity index (χ3n) is 2.37. The molecule has 7 heteroatoms. The van der Waals surface area contributed by atoms with Crippen molar-refractivity contribution in [2.45, 2.75) is 13.3 Å². The SMILES string of the molecule is CCCOCNc1n[n+]([O-])c2ccccc2[n+]1[O-]. The van der Waals surface area contributed by atoms with Crippen LogP contribution in [0.3, 0.4) is 0 Å². The number of aromatic nitrogens is 3. The van der Waals surface area contributed by atoms with Crippen LogP contribution in [0, 0.1) is 10.4 Å². The minimum absolute atomic E-state index is 0.0696. The summed E-state index contributed by atoms with van der Waals surface area (Å²) in [5.41, 5.74) is 0.494. The quantitative estimate of drug-likeness (QED) is 0.357. The van der Waals surface area contributed by atoms with Crippen molar-refractivity contribution in [1.82, 2.24) is 5.10 Å². The Balaban J connectivity index is 2.26. The number of anilines is 1. The largest absolute Gasteiger partial charge is 0.739 e. The molecule has 2 rings (SSSR count). The number of hydrogen-bond donors (Lipinski definition) is 1. The number of para-hydroxylation sites is 2. The Labute approximate surface area is 104 Å². The molecule has 18 heavy (non-hydrogen) atoms. The van der Waals surface area contributed by atoms with Crippen molar-refractivity contribution in [3.05, 3.63) is 34.7 Å². The van der Waals surface area contributed by atoms with E-state index in [0.717, 1.165) is 6.42 Å². The van der Waals surface area contributed by atoms with Crippen molar-refractivity contribution in [3.8, 4) is 0 Å². The lowest BCUT2D eigenvalue weighted by Crippen LogP contribution is -2.44. The molecule has 0 amide bonds. The van der Waals surface area contributed by atoms with Crippen molar-refractivity contribution in [2.75, 3.05) is 18.7 Å². The average molecular weight is 250 g/mol. The van der Waals surface area contributed by atoms with Gasteiger partial charge in [-0.15, -0.1) is 0 Å². The number of rotatable bonds is 5. The zero-order chi connectivity index (χ0) is 13.0. The van der Waals surface area contributed by atoms with E-state index in [-0.39, 0.29) is 23.7 Å². The summed E-state index contributed by atoms with van der Waals surface area (Å²) in [6.45, 7) is 2.70. The smallest absolute Gasteiger partial charge is 0.462 e. The number of fused-ring (bicyclic) bond motifs is 1. The van der Waals surface area contributed by atoms with E-state index in [1.54, 1.807) is 24.3 Å². The zero-order valence-electron chi connectivity index (χ0n) is 10.00. The number of nitrogens with one attached hydrogen (secondary N) is 1. The molecule has 1 heterocycles. The van der Waals surface area contributed by atoms with E-state index >= 15 is 0 Å². The summed E-state index contributed by atoms with van der Waals surface area (Å²) in [4.78, 5) is 0.423. The van der Waals surface area contributed by atoms with Crippen molar-refractivity contribution in [2.24, 2.45) is 0 Å². The van der Waals surface area contributed by atoms with Gasteiger partial charge in [-0.3, -0.25) is 0 Å². The van der Waals surface area contributed by atoms with Crippen LogP contribution in [0.1, 0.15) is 13.3 Å². The minimum Gasteiger partial charge on any atom is -0.739 e. The molecule has 1 N–H and O–H groups in total. The standard InChI is InChI=1S/C11H14N4O3/c1-2-7-18-8-12-11-13-15(17)10-6-4-3-5-9(10)14(11)16/h3-6H,2,7-8H2,1H3,(H,12,13). The van der Waals surface area contributed by atoms with Crippen LogP contribution in [0.5, 0.6) is 0 Å². The Bertz CT molecular complexity index is 547. The van der Waals surface area contributed by atoms with Gasteiger partial charge in [0.2, 0.25) is 5.10 Å². The van der Waals surface area contributed by atoms with E-state index < -0.39 is 0 Å². The van der Waals surface area contributed by atoms with Crippen LogP contribution < -0.4 is 14.9 Å². The Hall–Kier alpha value is -2.15.